The van der Waals surface area contributed by atoms with Gasteiger partial charge in [0.15, 0.2) is 0 Å². The van der Waals surface area contributed by atoms with Crippen LogP contribution >= 0.6 is 0 Å². The largest absolute Gasteiger partial charge is 0.433 e. The monoisotopic (exact) mass is 453 g/mol. The van der Waals surface area contributed by atoms with E-state index in [1.54, 1.807) is 0 Å². The average Bonchev–Trinajstić information content (AvgIpc) is 2.66. The van der Waals surface area contributed by atoms with Gasteiger partial charge in [0.1, 0.15) is 23.2 Å². The number of allylic oxidation sites excluding steroid dienone is 1. The van der Waals surface area contributed by atoms with Crippen LogP contribution in [-0.2, 0) is 18.5 Å². The lowest BCUT2D eigenvalue weighted by molar-refractivity contribution is -0.145. The number of halogens is 9. The maximum atomic E-state index is 12.8. The number of aromatic nitrogens is 1. The number of pyridine rings is 1. The number of carbonyl (C=O) groups is 1. The Morgan fingerprint density at radius 2 is 1.52 bits per heavy atom. The summed E-state index contributed by atoms with van der Waals surface area (Å²) in [5.41, 5.74) is -6.24. The van der Waals surface area contributed by atoms with Crippen LogP contribution in [0.3, 0.4) is 0 Å². The van der Waals surface area contributed by atoms with Crippen LogP contribution in [0.1, 0.15) is 27.2 Å². The number of nitrogens with one attached hydrogen (secondary N) is 1. The smallest absolute Gasteiger partial charge is 0.345 e. The molecule has 0 amide bonds. The van der Waals surface area contributed by atoms with Crippen molar-refractivity contribution < 1.29 is 44.3 Å². The van der Waals surface area contributed by atoms with Gasteiger partial charge in [0.25, 0.3) is 0 Å². The van der Waals surface area contributed by atoms with E-state index in [4.69, 9.17) is 5.26 Å². The van der Waals surface area contributed by atoms with Crippen LogP contribution < -0.4 is 5.32 Å². The Labute approximate surface area is 167 Å². The van der Waals surface area contributed by atoms with Crippen molar-refractivity contribution in [2.24, 2.45) is 0 Å². The highest BCUT2D eigenvalue weighted by atomic mass is 19.4. The lowest BCUT2D eigenvalue weighted by atomic mass is 10.0. The molecule has 0 saturated carbocycles. The van der Waals surface area contributed by atoms with Crippen molar-refractivity contribution in [3.8, 4) is 6.07 Å². The van der Waals surface area contributed by atoms with E-state index in [9.17, 15) is 44.3 Å². The highest BCUT2D eigenvalue weighted by Gasteiger charge is 2.38. The maximum absolute atomic E-state index is 12.8. The number of nitriles is 1. The van der Waals surface area contributed by atoms with Gasteiger partial charge in [0, 0.05) is 11.8 Å². The van der Waals surface area contributed by atoms with E-state index in [1.807, 2.05) is 5.32 Å². The lowest BCUT2D eigenvalue weighted by Crippen LogP contribution is -2.14. The molecule has 0 fully saturated rings. The SMILES string of the molecule is N#C/C(=C/Nc1cc(C(F)(F)F)cc(C(F)(F)F)n1)C(=O)c1cccc(C(F)(F)F)c1. The number of alkyl halides is 9. The molecule has 1 heterocycles. The number of nitrogens with zero attached hydrogens (tertiary/aromatic N) is 2. The Bertz CT molecular complexity index is 1030. The van der Waals surface area contributed by atoms with Crippen molar-refractivity contribution in [2.75, 3.05) is 5.32 Å². The van der Waals surface area contributed by atoms with Crippen LogP contribution in [0.2, 0.25) is 0 Å². The zero-order chi connectivity index (χ0) is 23.6. The molecule has 0 atom stereocenters. The minimum Gasteiger partial charge on any atom is -0.345 e. The van der Waals surface area contributed by atoms with Gasteiger partial charge in [-0.2, -0.15) is 44.8 Å². The van der Waals surface area contributed by atoms with Crippen molar-refractivity contribution in [1.82, 2.24) is 4.98 Å². The molecule has 0 aliphatic carbocycles. The second kappa shape index (κ2) is 8.29. The molecule has 0 spiro atoms. The molecule has 0 saturated heterocycles. The highest BCUT2D eigenvalue weighted by Crippen LogP contribution is 2.36. The Morgan fingerprint density at radius 3 is 2.03 bits per heavy atom. The zero-order valence-electron chi connectivity index (χ0n) is 14.7. The third kappa shape index (κ3) is 5.97. The van der Waals surface area contributed by atoms with Crippen molar-refractivity contribution in [2.45, 2.75) is 18.5 Å². The normalized spacial score (nSPS) is 13.0. The molecule has 2 aromatic rings. The molecular weight excluding hydrogens is 445 g/mol. The number of Topliss-reactive ketones (excluding diaryl/α,β-unsaturated/α-hetero) is 1. The molecule has 0 radical (unpaired) electrons. The van der Waals surface area contributed by atoms with Gasteiger partial charge in [-0.1, -0.05) is 12.1 Å². The molecular formula is C18H8F9N3O. The topological polar surface area (TPSA) is 65.8 Å². The van der Waals surface area contributed by atoms with Crippen LogP contribution in [0.5, 0.6) is 0 Å². The summed E-state index contributed by atoms with van der Waals surface area (Å²) in [6, 6.07) is 4.24. The third-order valence-corrected chi connectivity index (χ3v) is 3.62. The highest BCUT2D eigenvalue weighted by molar-refractivity contribution is 6.11. The van der Waals surface area contributed by atoms with Crippen molar-refractivity contribution in [1.29, 1.82) is 5.26 Å². The van der Waals surface area contributed by atoms with E-state index in [0.717, 1.165) is 12.1 Å². The zero-order valence-corrected chi connectivity index (χ0v) is 14.7. The van der Waals surface area contributed by atoms with E-state index in [0.29, 0.717) is 18.3 Å². The standard InChI is InChI=1S/C18H8F9N3O/c19-16(20,21)11-3-1-2-9(4-11)15(31)10(7-28)8-29-14-6-12(17(22,23)24)5-13(30-14)18(25,26)27/h1-6,8H,(H,29,30)/b10-8-. The lowest BCUT2D eigenvalue weighted by Gasteiger charge is -2.13. The molecule has 4 nitrogen and oxygen atoms in total. The van der Waals surface area contributed by atoms with Crippen molar-refractivity contribution >= 4 is 11.6 Å². The fourth-order valence-corrected chi connectivity index (χ4v) is 2.20. The number of carbonyl (C=O) groups excluding carboxylic acids is 1. The van der Waals surface area contributed by atoms with Gasteiger partial charge < -0.3 is 5.32 Å². The minimum absolute atomic E-state index is 0.204. The van der Waals surface area contributed by atoms with Crippen LogP contribution in [0, 0.1) is 11.3 Å². The number of ketones is 1. The molecule has 0 aliphatic heterocycles. The van der Waals surface area contributed by atoms with E-state index in [1.165, 1.54) is 6.07 Å². The van der Waals surface area contributed by atoms with E-state index in [2.05, 4.69) is 4.98 Å². The molecule has 31 heavy (non-hydrogen) atoms. The van der Waals surface area contributed by atoms with Crippen LogP contribution in [-0.4, -0.2) is 10.8 Å². The first kappa shape index (κ1) is 23.7. The predicted molar refractivity (Wildman–Crippen MR) is 87.3 cm³/mol. The number of hydrogen-bond donors (Lipinski definition) is 1. The number of rotatable bonds is 4. The summed E-state index contributed by atoms with van der Waals surface area (Å²) >= 11 is 0. The summed E-state index contributed by atoms with van der Waals surface area (Å²) in [6.45, 7) is 0. The van der Waals surface area contributed by atoms with E-state index < -0.39 is 58.1 Å². The van der Waals surface area contributed by atoms with Gasteiger partial charge in [0.2, 0.25) is 5.78 Å². The molecule has 164 valence electrons. The molecule has 0 aliphatic rings. The second-order valence-electron chi connectivity index (χ2n) is 5.84. The third-order valence-electron chi connectivity index (χ3n) is 3.62. The predicted octanol–water partition coefficient (Wildman–Crippen LogP) is 5.84. The number of hydrogen-bond acceptors (Lipinski definition) is 4. The Hall–Kier alpha value is -3.56. The summed E-state index contributed by atoms with van der Waals surface area (Å²) in [4.78, 5) is 15.2. The molecule has 2 rings (SSSR count). The Balaban J connectivity index is 2.41. The molecule has 1 aromatic carbocycles. The Kier molecular flexibility index (Phi) is 6.34. The van der Waals surface area contributed by atoms with Gasteiger partial charge in [-0.05, 0) is 24.3 Å². The fourth-order valence-electron chi connectivity index (χ4n) is 2.20. The van der Waals surface area contributed by atoms with Crippen LogP contribution in [0.15, 0.2) is 48.2 Å². The van der Waals surface area contributed by atoms with Crippen LogP contribution in [0.25, 0.3) is 0 Å². The molecule has 1 N–H and O–H groups in total. The first-order valence-electron chi connectivity index (χ1n) is 7.88. The van der Waals surface area contributed by atoms with E-state index >= 15 is 0 Å². The summed E-state index contributed by atoms with van der Waals surface area (Å²) in [6.07, 6.45) is -14.7. The van der Waals surface area contributed by atoms with Gasteiger partial charge >= 0.3 is 18.5 Å². The van der Waals surface area contributed by atoms with Gasteiger partial charge in [0.05, 0.1) is 11.1 Å². The fraction of sp³-hybridized carbons (Fsp3) is 0.167. The number of anilines is 1. The average molecular weight is 453 g/mol. The summed E-state index contributed by atoms with van der Waals surface area (Å²) < 4.78 is 115. The molecule has 1 aromatic heterocycles. The van der Waals surface area contributed by atoms with Crippen molar-refractivity contribution in [3.05, 3.63) is 70.6 Å². The summed E-state index contributed by atoms with van der Waals surface area (Å²) in [5.74, 6) is -2.24. The van der Waals surface area contributed by atoms with E-state index in [-0.39, 0.29) is 12.1 Å². The second-order valence-corrected chi connectivity index (χ2v) is 5.84. The first-order valence-corrected chi connectivity index (χ1v) is 7.88. The first-order chi connectivity index (χ1) is 14.1. The summed E-state index contributed by atoms with van der Waals surface area (Å²) in [7, 11) is 0. The number of benzene rings is 1. The molecule has 0 unspecified atom stereocenters. The van der Waals surface area contributed by atoms with Gasteiger partial charge in [-0.25, -0.2) is 4.98 Å². The molecule has 0 bridgehead atoms. The van der Waals surface area contributed by atoms with Gasteiger partial charge in [-0.15, -0.1) is 0 Å². The maximum Gasteiger partial charge on any atom is 0.433 e. The van der Waals surface area contributed by atoms with Gasteiger partial charge in [-0.3, -0.25) is 4.79 Å². The summed E-state index contributed by atoms with van der Waals surface area (Å²) in [5, 5.41) is 10.9. The van der Waals surface area contributed by atoms with Crippen molar-refractivity contribution in [3.63, 3.8) is 0 Å². The van der Waals surface area contributed by atoms with Crippen LogP contribution in [0.4, 0.5) is 45.3 Å². The molecule has 13 heteroatoms. The Morgan fingerprint density at radius 1 is 0.903 bits per heavy atom. The minimum atomic E-state index is -5.23. The quantitative estimate of drug-likeness (QED) is 0.274.